The number of nitrogens with two attached hydrogens (primary N) is 1. The fourth-order valence-electron chi connectivity index (χ4n) is 1.55. The van der Waals surface area contributed by atoms with Gasteiger partial charge in [0.25, 0.3) is 0 Å². The molecule has 104 valence electrons. The van der Waals surface area contributed by atoms with E-state index in [0.717, 1.165) is 13.0 Å². The lowest BCUT2D eigenvalue weighted by atomic mass is 10.3. The monoisotopic (exact) mass is 266 g/mol. The lowest BCUT2D eigenvalue weighted by Gasteiger charge is -2.17. The molecular weight excluding hydrogens is 249 g/mol. The Morgan fingerprint density at radius 1 is 1.56 bits per heavy atom. The Bertz CT molecular complexity index is 353. The largest absolute Gasteiger partial charge is 0.411 e. The van der Waals surface area contributed by atoms with Crippen LogP contribution in [0.5, 0.6) is 0 Å². The molecule has 1 rings (SSSR count). The van der Waals surface area contributed by atoms with Crippen LogP contribution in [0, 0.1) is 0 Å². The molecule has 0 aliphatic carbocycles. The fraction of sp³-hybridized carbons (Fsp3) is 0.700. The summed E-state index contributed by atoms with van der Waals surface area (Å²) in [6.07, 6.45) is -0.103. The van der Waals surface area contributed by atoms with Gasteiger partial charge in [0.15, 0.2) is 0 Å². The van der Waals surface area contributed by atoms with Crippen LogP contribution in [0.2, 0.25) is 0 Å². The number of alkyl halides is 3. The van der Waals surface area contributed by atoms with Crippen LogP contribution in [0.4, 0.5) is 13.2 Å². The molecular formula is C10H17F3N4O. The third-order valence-corrected chi connectivity index (χ3v) is 2.28. The number of imidazole rings is 1. The number of nitrogens with one attached hydrogen (secondary N) is 1. The van der Waals surface area contributed by atoms with Crippen molar-refractivity contribution in [3.8, 4) is 0 Å². The summed E-state index contributed by atoms with van der Waals surface area (Å²) in [6, 6.07) is -0.561. The summed E-state index contributed by atoms with van der Waals surface area (Å²) >= 11 is 0. The van der Waals surface area contributed by atoms with Crippen LogP contribution in [0.3, 0.4) is 0 Å². The zero-order valence-electron chi connectivity index (χ0n) is 10.1. The van der Waals surface area contributed by atoms with Gasteiger partial charge < -0.3 is 9.30 Å². The van der Waals surface area contributed by atoms with E-state index in [4.69, 9.17) is 5.84 Å². The Labute approximate surface area is 103 Å². The van der Waals surface area contributed by atoms with Crippen LogP contribution < -0.4 is 11.3 Å². The predicted octanol–water partition coefficient (Wildman–Crippen LogP) is 1.38. The Kier molecular flexibility index (Phi) is 5.57. The number of hydrogen-bond acceptors (Lipinski definition) is 4. The first-order valence-electron chi connectivity index (χ1n) is 5.59. The standard InChI is InChI=1S/C10H17F3N4O/c1-2-4-17-5-3-15-9(17)8(16-14)6-18-7-10(11,12)13/h3,5,8,16H,2,4,6-7,14H2,1H3. The Morgan fingerprint density at radius 3 is 2.83 bits per heavy atom. The third-order valence-electron chi connectivity index (χ3n) is 2.28. The van der Waals surface area contributed by atoms with E-state index in [9.17, 15) is 13.2 Å². The van der Waals surface area contributed by atoms with Crippen LogP contribution in [-0.4, -0.2) is 28.9 Å². The molecule has 18 heavy (non-hydrogen) atoms. The van der Waals surface area contributed by atoms with Crippen LogP contribution >= 0.6 is 0 Å². The van der Waals surface area contributed by atoms with Crippen molar-refractivity contribution in [1.29, 1.82) is 0 Å². The number of nitrogens with zero attached hydrogens (tertiary/aromatic N) is 2. The molecule has 0 saturated heterocycles. The van der Waals surface area contributed by atoms with E-state index in [-0.39, 0.29) is 6.61 Å². The van der Waals surface area contributed by atoms with Gasteiger partial charge in [0.2, 0.25) is 0 Å². The van der Waals surface area contributed by atoms with Crippen molar-refractivity contribution < 1.29 is 17.9 Å². The number of rotatable bonds is 7. The van der Waals surface area contributed by atoms with Crippen molar-refractivity contribution >= 4 is 0 Å². The zero-order valence-corrected chi connectivity index (χ0v) is 10.1. The summed E-state index contributed by atoms with van der Waals surface area (Å²) in [5.74, 6) is 5.89. The first kappa shape index (κ1) is 14.9. The van der Waals surface area contributed by atoms with E-state index in [1.165, 1.54) is 0 Å². The van der Waals surface area contributed by atoms with Gasteiger partial charge in [-0.3, -0.25) is 5.84 Å². The van der Waals surface area contributed by atoms with E-state index >= 15 is 0 Å². The SMILES string of the molecule is CCCn1ccnc1C(COCC(F)(F)F)NN. The molecule has 1 unspecified atom stereocenters. The maximum absolute atomic E-state index is 12.0. The Balaban J connectivity index is 2.57. The molecule has 0 saturated carbocycles. The molecule has 1 atom stereocenters. The summed E-state index contributed by atoms with van der Waals surface area (Å²) < 4.78 is 42.3. The Hall–Kier alpha value is -1.12. The summed E-state index contributed by atoms with van der Waals surface area (Å²) in [5.41, 5.74) is 2.41. The highest BCUT2D eigenvalue weighted by atomic mass is 19.4. The summed E-state index contributed by atoms with van der Waals surface area (Å²) in [6.45, 7) is 1.25. The minimum absolute atomic E-state index is 0.184. The molecule has 0 aliphatic heterocycles. The molecule has 0 fully saturated rings. The number of aromatic nitrogens is 2. The summed E-state index contributed by atoms with van der Waals surface area (Å²) in [5, 5.41) is 0. The first-order valence-corrected chi connectivity index (χ1v) is 5.59. The molecule has 5 nitrogen and oxygen atoms in total. The highest BCUT2D eigenvalue weighted by Crippen LogP contribution is 2.17. The van der Waals surface area contributed by atoms with Gasteiger partial charge in [-0.1, -0.05) is 6.92 Å². The fourth-order valence-corrected chi connectivity index (χ4v) is 1.55. The third kappa shape index (κ3) is 4.63. The van der Waals surface area contributed by atoms with Crippen LogP contribution in [0.25, 0.3) is 0 Å². The van der Waals surface area contributed by atoms with Crippen molar-refractivity contribution in [2.75, 3.05) is 13.2 Å². The molecule has 0 bridgehead atoms. The second-order valence-electron chi connectivity index (χ2n) is 3.83. The molecule has 8 heteroatoms. The van der Waals surface area contributed by atoms with Crippen LogP contribution in [0.15, 0.2) is 12.4 Å². The number of halogens is 3. The molecule has 1 heterocycles. The van der Waals surface area contributed by atoms with Crippen LogP contribution in [0.1, 0.15) is 25.2 Å². The van der Waals surface area contributed by atoms with Crippen molar-refractivity contribution in [2.24, 2.45) is 5.84 Å². The second kappa shape index (κ2) is 6.72. The van der Waals surface area contributed by atoms with Crippen molar-refractivity contribution in [3.05, 3.63) is 18.2 Å². The highest BCUT2D eigenvalue weighted by Gasteiger charge is 2.28. The average molecular weight is 266 g/mol. The van der Waals surface area contributed by atoms with Gasteiger partial charge in [-0.05, 0) is 6.42 Å². The van der Waals surface area contributed by atoms with E-state index in [2.05, 4.69) is 15.1 Å². The van der Waals surface area contributed by atoms with Gasteiger partial charge in [-0.25, -0.2) is 10.4 Å². The van der Waals surface area contributed by atoms with Gasteiger partial charge in [-0.2, -0.15) is 13.2 Å². The highest BCUT2D eigenvalue weighted by molar-refractivity contribution is 4.99. The van der Waals surface area contributed by atoms with E-state index in [1.807, 2.05) is 11.5 Å². The lowest BCUT2D eigenvalue weighted by Crippen LogP contribution is -2.34. The molecule has 0 spiro atoms. The average Bonchev–Trinajstić information content (AvgIpc) is 2.72. The van der Waals surface area contributed by atoms with Crippen molar-refractivity contribution in [2.45, 2.75) is 32.1 Å². The molecule has 3 N–H and O–H groups in total. The zero-order chi connectivity index (χ0) is 13.6. The molecule has 0 radical (unpaired) electrons. The smallest absolute Gasteiger partial charge is 0.370 e. The number of ether oxygens (including phenoxy) is 1. The molecule has 0 amide bonds. The van der Waals surface area contributed by atoms with E-state index in [0.29, 0.717) is 5.82 Å². The summed E-state index contributed by atoms with van der Waals surface area (Å²) in [7, 11) is 0. The summed E-state index contributed by atoms with van der Waals surface area (Å²) in [4.78, 5) is 4.08. The van der Waals surface area contributed by atoms with Gasteiger partial charge in [0, 0.05) is 18.9 Å². The molecule has 1 aromatic heterocycles. The van der Waals surface area contributed by atoms with Gasteiger partial charge in [0.1, 0.15) is 18.5 Å². The Morgan fingerprint density at radius 2 is 2.28 bits per heavy atom. The topological polar surface area (TPSA) is 65.1 Å². The minimum atomic E-state index is -4.34. The number of aryl methyl sites for hydroxylation is 1. The predicted molar refractivity (Wildman–Crippen MR) is 59.5 cm³/mol. The maximum Gasteiger partial charge on any atom is 0.411 e. The van der Waals surface area contributed by atoms with E-state index in [1.54, 1.807) is 12.4 Å². The quantitative estimate of drug-likeness (QED) is 0.578. The number of hydrogen-bond donors (Lipinski definition) is 2. The molecule has 0 aromatic carbocycles. The minimum Gasteiger partial charge on any atom is -0.370 e. The first-order chi connectivity index (χ1) is 8.48. The second-order valence-corrected chi connectivity index (χ2v) is 3.83. The van der Waals surface area contributed by atoms with Crippen molar-refractivity contribution in [3.63, 3.8) is 0 Å². The maximum atomic E-state index is 12.0. The van der Waals surface area contributed by atoms with Crippen LogP contribution in [-0.2, 0) is 11.3 Å². The van der Waals surface area contributed by atoms with Gasteiger partial charge >= 0.3 is 6.18 Å². The van der Waals surface area contributed by atoms with Crippen molar-refractivity contribution in [1.82, 2.24) is 15.0 Å². The van der Waals surface area contributed by atoms with E-state index < -0.39 is 18.8 Å². The van der Waals surface area contributed by atoms with Gasteiger partial charge in [-0.15, -0.1) is 0 Å². The normalized spacial score (nSPS) is 13.8. The van der Waals surface area contributed by atoms with Gasteiger partial charge in [0.05, 0.1) is 6.61 Å². The molecule has 1 aromatic rings. The lowest BCUT2D eigenvalue weighted by molar-refractivity contribution is -0.175. The number of hydrazine groups is 1. The molecule has 0 aliphatic rings.